The average Bonchev–Trinajstić information content (AvgIpc) is 3.45. The Labute approximate surface area is 207 Å². The minimum Gasteiger partial charge on any atom is -0.449 e. The molecule has 1 aliphatic heterocycles. The van der Waals surface area contributed by atoms with Gasteiger partial charge < -0.3 is 25.7 Å². The first-order chi connectivity index (χ1) is 16.9. The summed E-state index contributed by atoms with van der Waals surface area (Å²) < 4.78 is 5.82. The number of nitrogen functional groups attached to an aromatic ring is 1. The predicted molar refractivity (Wildman–Crippen MR) is 133 cm³/mol. The van der Waals surface area contributed by atoms with Crippen LogP contribution in [0.15, 0.2) is 40.9 Å². The van der Waals surface area contributed by atoms with Gasteiger partial charge in [-0.2, -0.15) is 0 Å². The molecular weight excluding hydrogens is 470 g/mol. The summed E-state index contributed by atoms with van der Waals surface area (Å²) in [5.41, 5.74) is 7.21. The maximum Gasteiger partial charge on any atom is 0.294 e. The number of aromatic nitrogens is 1. The molecule has 2 fully saturated rings. The van der Waals surface area contributed by atoms with Gasteiger partial charge in [-0.15, -0.1) is 0 Å². The molecule has 1 saturated carbocycles. The van der Waals surface area contributed by atoms with Gasteiger partial charge in [0.15, 0.2) is 0 Å². The molecule has 0 spiro atoms. The number of nitrogens with two attached hydrogens (primary N) is 1. The van der Waals surface area contributed by atoms with Crippen LogP contribution >= 0.6 is 11.6 Å². The van der Waals surface area contributed by atoms with Gasteiger partial charge in [0, 0.05) is 36.8 Å². The molecule has 10 heteroatoms. The van der Waals surface area contributed by atoms with E-state index in [4.69, 9.17) is 21.8 Å². The number of carbonyl (C=O) groups is 3. The molecule has 2 aromatic heterocycles. The highest BCUT2D eigenvalue weighted by molar-refractivity contribution is 6.30. The van der Waals surface area contributed by atoms with Crippen molar-refractivity contribution in [3.63, 3.8) is 0 Å². The first-order valence-corrected chi connectivity index (χ1v) is 12.1. The molecule has 35 heavy (non-hydrogen) atoms. The van der Waals surface area contributed by atoms with Crippen molar-refractivity contribution in [3.8, 4) is 0 Å². The Kier molecular flexibility index (Phi) is 6.34. The van der Waals surface area contributed by atoms with E-state index in [0.29, 0.717) is 46.8 Å². The van der Waals surface area contributed by atoms with E-state index in [1.807, 2.05) is 4.90 Å². The lowest BCUT2D eigenvalue weighted by Crippen LogP contribution is -2.40. The van der Waals surface area contributed by atoms with Crippen LogP contribution in [0.3, 0.4) is 0 Å². The smallest absolute Gasteiger partial charge is 0.294 e. The lowest BCUT2D eigenvalue weighted by Gasteiger charge is -2.34. The van der Waals surface area contributed by atoms with Crippen LogP contribution in [-0.2, 0) is 9.59 Å². The Morgan fingerprint density at radius 1 is 1.11 bits per heavy atom. The van der Waals surface area contributed by atoms with E-state index in [9.17, 15) is 14.4 Å². The maximum atomic E-state index is 13.3. The molecule has 0 unspecified atom stereocenters. The van der Waals surface area contributed by atoms with Crippen LogP contribution in [0.5, 0.6) is 0 Å². The number of likely N-dealkylation sites (tertiary alicyclic amines) is 1. The molecule has 3 amide bonds. The van der Waals surface area contributed by atoms with Gasteiger partial charge in [-0.1, -0.05) is 17.7 Å². The summed E-state index contributed by atoms with van der Waals surface area (Å²) in [7, 11) is 0. The van der Waals surface area contributed by atoms with Crippen molar-refractivity contribution in [2.24, 2.45) is 5.92 Å². The van der Waals surface area contributed by atoms with Crippen molar-refractivity contribution in [3.05, 3.63) is 47.3 Å². The lowest BCUT2D eigenvalue weighted by atomic mass is 9.84. The van der Waals surface area contributed by atoms with E-state index < -0.39 is 5.91 Å². The first kappa shape index (κ1) is 23.2. The summed E-state index contributed by atoms with van der Waals surface area (Å²) >= 11 is 5.87. The largest absolute Gasteiger partial charge is 0.449 e. The molecule has 1 aliphatic carbocycles. The predicted octanol–water partition coefficient (Wildman–Crippen LogP) is 4.44. The van der Waals surface area contributed by atoms with Crippen molar-refractivity contribution >= 4 is 57.5 Å². The molecule has 182 valence electrons. The molecule has 1 saturated heterocycles. The zero-order valence-corrected chi connectivity index (χ0v) is 19.8. The number of nitrogens with one attached hydrogen (secondary N) is 2. The molecule has 5 rings (SSSR count). The van der Waals surface area contributed by atoms with Crippen molar-refractivity contribution in [2.75, 3.05) is 22.9 Å². The monoisotopic (exact) mass is 495 g/mol. The summed E-state index contributed by atoms with van der Waals surface area (Å²) in [4.78, 5) is 44.4. The number of nitrogens with zero attached hydrogens (tertiary/aromatic N) is 2. The molecular formula is C25H26ClN5O4. The molecule has 4 N–H and O–H groups in total. The zero-order chi connectivity index (χ0) is 24.5. The number of anilines is 3. The van der Waals surface area contributed by atoms with Crippen molar-refractivity contribution in [2.45, 2.75) is 44.6 Å². The normalized spacial score (nSPS) is 20.3. The average molecular weight is 496 g/mol. The highest BCUT2D eigenvalue weighted by Crippen LogP contribution is 2.37. The highest BCUT2D eigenvalue weighted by atomic mass is 35.5. The number of furan rings is 1. The van der Waals surface area contributed by atoms with Crippen LogP contribution in [0.25, 0.3) is 11.0 Å². The van der Waals surface area contributed by atoms with E-state index in [2.05, 4.69) is 15.6 Å². The number of benzene rings is 1. The number of fused-ring (bicyclic) bond motifs is 1. The molecule has 0 atom stereocenters. The third-order valence-corrected chi connectivity index (χ3v) is 7.01. The molecule has 3 aromatic rings. The van der Waals surface area contributed by atoms with Crippen LogP contribution < -0.4 is 16.4 Å². The van der Waals surface area contributed by atoms with Crippen molar-refractivity contribution in [1.29, 1.82) is 0 Å². The molecule has 9 nitrogen and oxygen atoms in total. The fraction of sp³-hybridized carbons (Fsp3) is 0.360. The Morgan fingerprint density at radius 2 is 1.91 bits per heavy atom. The lowest BCUT2D eigenvalue weighted by molar-refractivity contribution is -0.130. The van der Waals surface area contributed by atoms with Crippen LogP contribution in [0, 0.1) is 5.92 Å². The summed E-state index contributed by atoms with van der Waals surface area (Å²) in [5, 5.41) is 6.50. The number of hydrogen-bond acceptors (Lipinski definition) is 6. The van der Waals surface area contributed by atoms with Gasteiger partial charge in [0.1, 0.15) is 17.1 Å². The van der Waals surface area contributed by atoms with Crippen LogP contribution in [0.1, 0.15) is 49.1 Å². The van der Waals surface area contributed by atoms with Gasteiger partial charge >= 0.3 is 0 Å². The third-order valence-electron chi connectivity index (χ3n) is 6.79. The van der Waals surface area contributed by atoms with Crippen LogP contribution in [-0.4, -0.2) is 40.2 Å². The minimum atomic E-state index is -0.568. The summed E-state index contributed by atoms with van der Waals surface area (Å²) in [5.74, 6) is -0.543. The Morgan fingerprint density at radius 3 is 2.60 bits per heavy atom. The van der Waals surface area contributed by atoms with Gasteiger partial charge in [0.25, 0.3) is 5.91 Å². The summed E-state index contributed by atoms with van der Waals surface area (Å²) in [6.07, 6.45) is 5.85. The van der Waals surface area contributed by atoms with E-state index in [0.717, 1.165) is 25.8 Å². The molecule has 0 bridgehead atoms. The van der Waals surface area contributed by atoms with E-state index in [1.165, 1.54) is 6.20 Å². The molecule has 1 aromatic carbocycles. The Bertz CT molecular complexity index is 1280. The molecule has 0 radical (unpaired) electrons. The standard InChI is InChI=1S/C25H26ClN5O4/c26-15-8-11-19(28-13-15)29-25(34)23-22(21-17(27)3-1-4-18(21)35-23)30-24(33)14-6-9-16(10-7-14)31-12-2-5-20(31)32/h1,3-4,8,11,13-14,16H,2,5-7,9-10,12,27H2,(H,30,33)(H,28,29,34). The second-order valence-corrected chi connectivity index (χ2v) is 9.46. The molecule has 3 heterocycles. The second-order valence-electron chi connectivity index (χ2n) is 9.03. The van der Waals surface area contributed by atoms with Gasteiger partial charge in [-0.25, -0.2) is 4.98 Å². The Balaban J connectivity index is 1.35. The minimum absolute atomic E-state index is 0.0562. The number of halogens is 1. The quantitative estimate of drug-likeness (QED) is 0.448. The number of pyridine rings is 1. The number of hydrogen-bond donors (Lipinski definition) is 3. The summed E-state index contributed by atoms with van der Waals surface area (Å²) in [6.45, 7) is 0.807. The van der Waals surface area contributed by atoms with E-state index in [-0.39, 0.29) is 35.2 Å². The van der Waals surface area contributed by atoms with Gasteiger partial charge in [0.05, 0.1) is 10.4 Å². The third kappa shape index (κ3) is 4.68. The second kappa shape index (κ2) is 9.58. The SMILES string of the molecule is Nc1cccc2oc(C(=O)Nc3ccc(Cl)cn3)c(NC(=O)C3CCC(N4CCCC4=O)CC3)c12. The maximum absolute atomic E-state index is 13.3. The van der Waals surface area contributed by atoms with Crippen LogP contribution in [0.2, 0.25) is 5.02 Å². The van der Waals surface area contributed by atoms with Gasteiger partial charge in [-0.3, -0.25) is 14.4 Å². The van der Waals surface area contributed by atoms with Crippen LogP contribution in [0.4, 0.5) is 17.2 Å². The van der Waals surface area contributed by atoms with Crippen molar-refractivity contribution in [1.82, 2.24) is 9.88 Å². The fourth-order valence-electron chi connectivity index (χ4n) is 5.01. The summed E-state index contributed by atoms with van der Waals surface area (Å²) in [6, 6.07) is 8.48. The fourth-order valence-corrected chi connectivity index (χ4v) is 5.12. The Hall–Kier alpha value is -3.59. The van der Waals surface area contributed by atoms with Crippen molar-refractivity contribution < 1.29 is 18.8 Å². The van der Waals surface area contributed by atoms with Gasteiger partial charge in [0.2, 0.25) is 17.6 Å². The first-order valence-electron chi connectivity index (χ1n) is 11.7. The van der Waals surface area contributed by atoms with E-state index in [1.54, 1.807) is 30.3 Å². The number of carbonyl (C=O) groups excluding carboxylic acids is 3. The number of amides is 3. The topological polar surface area (TPSA) is 131 Å². The zero-order valence-electron chi connectivity index (χ0n) is 19.1. The highest BCUT2D eigenvalue weighted by Gasteiger charge is 2.34. The van der Waals surface area contributed by atoms with E-state index >= 15 is 0 Å². The number of rotatable bonds is 5. The van der Waals surface area contributed by atoms with Gasteiger partial charge in [-0.05, 0) is 56.4 Å². The molecule has 2 aliphatic rings.